The second-order valence-corrected chi connectivity index (χ2v) is 9.15. The molecule has 194 valence electrons. The monoisotopic (exact) mass is 511 g/mol. The van der Waals surface area contributed by atoms with Gasteiger partial charge in [-0.05, 0) is 49.6 Å². The number of anilines is 2. The van der Waals surface area contributed by atoms with Crippen molar-refractivity contribution in [3.63, 3.8) is 0 Å². The number of benzene rings is 1. The summed E-state index contributed by atoms with van der Waals surface area (Å²) >= 11 is 0. The van der Waals surface area contributed by atoms with Crippen LogP contribution in [-0.4, -0.2) is 56.3 Å². The third-order valence-electron chi connectivity index (χ3n) is 6.55. The van der Waals surface area contributed by atoms with Crippen LogP contribution in [0, 0.1) is 6.92 Å². The van der Waals surface area contributed by atoms with E-state index in [0.717, 1.165) is 29.8 Å². The minimum Gasteiger partial charge on any atom is -0.382 e. The number of nitrogens with one attached hydrogen (secondary N) is 1. The van der Waals surface area contributed by atoms with Crippen LogP contribution >= 0.6 is 0 Å². The van der Waals surface area contributed by atoms with Crippen molar-refractivity contribution >= 4 is 29.0 Å². The number of nitrogen functional groups attached to an aromatic ring is 1. The van der Waals surface area contributed by atoms with Crippen LogP contribution in [-0.2, 0) is 9.53 Å². The van der Waals surface area contributed by atoms with Gasteiger partial charge in [-0.1, -0.05) is 18.2 Å². The topological polar surface area (TPSA) is 128 Å². The van der Waals surface area contributed by atoms with Crippen molar-refractivity contribution in [2.24, 2.45) is 0 Å². The van der Waals surface area contributed by atoms with Crippen LogP contribution in [0.5, 0.6) is 0 Å². The van der Waals surface area contributed by atoms with Gasteiger partial charge in [0.2, 0.25) is 5.91 Å². The highest BCUT2D eigenvalue weighted by atomic mass is 16.5. The van der Waals surface area contributed by atoms with E-state index in [1.165, 1.54) is 0 Å². The minimum atomic E-state index is -0.257. The average Bonchev–Trinajstić information content (AvgIpc) is 3.55. The number of fused-ring (bicyclic) bond motifs is 1. The standard InChI is InChI=1S/C28H29N7O3/c1-18-11-12-30-22(17-18)32-28(37)20-9-7-19(8-10-20)24-25-26(29)31-13-15-35(25)27(33-24)21-5-3-14-34(21)23(36)6-4-16-38-2/h4,6-13,15,17,21H,3,5,14,16H2,1-2H3,(H2,29,31)(H,30,32,37). The zero-order chi connectivity index (χ0) is 26.6. The second-order valence-electron chi connectivity index (χ2n) is 9.15. The number of aromatic nitrogens is 4. The molecule has 1 aliphatic rings. The molecule has 1 aliphatic heterocycles. The number of rotatable bonds is 7. The fraction of sp³-hybridized carbons (Fsp3) is 0.250. The van der Waals surface area contributed by atoms with Gasteiger partial charge in [0.25, 0.3) is 5.91 Å². The summed E-state index contributed by atoms with van der Waals surface area (Å²) in [4.78, 5) is 40.9. The first-order valence-corrected chi connectivity index (χ1v) is 12.4. The lowest BCUT2D eigenvalue weighted by Gasteiger charge is -2.22. The predicted molar refractivity (Wildman–Crippen MR) is 144 cm³/mol. The third-order valence-corrected chi connectivity index (χ3v) is 6.55. The zero-order valence-corrected chi connectivity index (χ0v) is 21.3. The zero-order valence-electron chi connectivity index (χ0n) is 21.3. The van der Waals surface area contributed by atoms with E-state index in [0.29, 0.717) is 41.6 Å². The molecule has 2 amide bonds. The van der Waals surface area contributed by atoms with Crippen LogP contribution in [0.3, 0.4) is 0 Å². The predicted octanol–water partition coefficient (Wildman–Crippen LogP) is 3.80. The van der Waals surface area contributed by atoms with E-state index in [-0.39, 0.29) is 17.9 Å². The Kier molecular flexibility index (Phi) is 7.14. The summed E-state index contributed by atoms with van der Waals surface area (Å²) in [6.45, 7) is 2.96. The number of aryl methyl sites for hydroxylation is 1. The van der Waals surface area contributed by atoms with E-state index >= 15 is 0 Å². The molecule has 3 aromatic heterocycles. The van der Waals surface area contributed by atoms with Crippen LogP contribution in [0.25, 0.3) is 16.8 Å². The Hall–Kier alpha value is -4.57. The van der Waals surface area contributed by atoms with Crippen LogP contribution < -0.4 is 11.1 Å². The fourth-order valence-corrected chi connectivity index (χ4v) is 4.74. The number of nitrogens with zero attached hydrogens (tertiary/aromatic N) is 5. The number of ether oxygens (including phenoxy) is 1. The molecular weight excluding hydrogens is 482 g/mol. The van der Waals surface area contributed by atoms with Crippen molar-refractivity contribution in [2.75, 3.05) is 31.3 Å². The normalized spacial score (nSPS) is 15.4. The van der Waals surface area contributed by atoms with Gasteiger partial charge in [0.05, 0.1) is 12.6 Å². The third kappa shape index (κ3) is 4.98. The molecule has 0 spiro atoms. The lowest BCUT2D eigenvalue weighted by Crippen LogP contribution is -2.30. The van der Waals surface area contributed by atoms with E-state index in [1.54, 1.807) is 43.8 Å². The summed E-state index contributed by atoms with van der Waals surface area (Å²) < 4.78 is 6.94. The van der Waals surface area contributed by atoms with Crippen molar-refractivity contribution < 1.29 is 14.3 Å². The molecule has 4 heterocycles. The highest BCUT2D eigenvalue weighted by Crippen LogP contribution is 2.36. The number of hydrogen-bond acceptors (Lipinski definition) is 7. The number of amides is 2. The molecule has 1 aromatic carbocycles. The molecule has 4 aromatic rings. The maximum absolute atomic E-state index is 12.9. The van der Waals surface area contributed by atoms with Gasteiger partial charge in [-0.3, -0.25) is 14.0 Å². The summed E-state index contributed by atoms with van der Waals surface area (Å²) in [6.07, 6.45) is 10.0. The molecule has 1 saturated heterocycles. The number of carbonyl (C=O) groups is 2. The fourth-order valence-electron chi connectivity index (χ4n) is 4.74. The summed E-state index contributed by atoms with van der Waals surface area (Å²) in [5.41, 5.74) is 9.90. The summed E-state index contributed by atoms with van der Waals surface area (Å²) in [5.74, 6) is 1.22. The Morgan fingerprint density at radius 3 is 2.76 bits per heavy atom. The number of methoxy groups -OCH3 is 1. The van der Waals surface area contributed by atoms with Gasteiger partial charge in [-0.25, -0.2) is 15.0 Å². The Labute approximate surface area is 220 Å². The number of hydrogen-bond donors (Lipinski definition) is 2. The van der Waals surface area contributed by atoms with Crippen LogP contribution in [0.4, 0.5) is 11.6 Å². The molecule has 10 nitrogen and oxygen atoms in total. The van der Waals surface area contributed by atoms with Crippen molar-refractivity contribution in [3.05, 3.63) is 84.1 Å². The van der Waals surface area contributed by atoms with Crippen molar-refractivity contribution in [2.45, 2.75) is 25.8 Å². The number of imidazole rings is 1. The molecule has 5 rings (SSSR count). The van der Waals surface area contributed by atoms with E-state index in [9.17, 15) is 9.59 Å². The lowest BCUT2D eigenvalue weighted by atomic mass is 10.1. The molecule has 0 aliphatic carbocycles. The van der Waals surface area contributed by atoms with E-state index < -0.39 is 0 Å². The van der Waals surface area contributed by atoms with Crippen LogP contribution in [0.1, 0.15) is 40.6 Å². The highest BCUT2D eigenvalue weighted by Gasteiger charge is 2.33. The first-order chi connectivity index (χ1) is 18.5. The first-order valence-electron chi connectivity index (χ1n) is 12.4. The quantitative estimate of drug-likeness (QED) is 0.361. The van der Waals surface area contributed by atoms with Gasteiger partial charge in [0, 0.05) is 49.4 Å². The van der Waals surface area contributed by atoms with Gasteiger partial charge in [-0.2, -0.15) is 0 Å². The molecule has 1 atom stereocenters. The minimum absolute atomic E-state index is 0.0802. The Morgan fingerprint density at radius 2 is 2.00 bits per heavy atom. The molecule has 1 unspecified atom stereocenters. The molecule has 0 radical (unpaired) electrons. The molecule has 10 heteroatoms. The van der Waals surface area contributed by atoms with Crippen LogP contribution in [0.2, 0.25) is 0 Å². The van der Waals surface area contributed by atoms with Gasteiger partial charge < -0.3 is 20.7 Å². The summed E-state index contributed by atoms with van der Waals surface area (Å²) in [5, 5.41) is 2.82. The molecule has 0 bridgehead atoms. The largest absolute Gasteiger partial charge is 0.382 e. The Morgan fingerprint density at radius 1 is 1.18 bits per heavy atom. The summed E-state index contributed by atoms with van der Waals surface area (Å²) in [6, 6.07) is 10.6. The van der Waals surface area contributed by atoms with Gasteiger partial charge in [0.15, 0.2) is 0 Å². The van der Waals surface area contributed by atoms with Crippen LogP contribution in [0.15, 0.2) is 67.1 Å². The maximum atomic E-state index is 12.9. The number of nitrogens with two attached hydrogens (primary N) is 1. The second kappa shape index (κ2) is 10.8. The molecule has 38 heavy (non-hydrogen) atoms. The van der Waals surface area contributed by atoms with Crippen molar-refractivity contribution in [1.29, 1.82) is 0 Å². The molecule has 0 saturated carbocycles. The van der Waals surface area contributed by atoms with Crippen molar-refractivity contribution in [1.82, 2.24) is 24.3 Å². The molecular formula is C28H29N7O3. The maximum Gasteiger partial charge on any atom is 0.256 e. The average molecular weight is 512 g/mol. The van der Waals surface area contributed by atoms with E-state index in [1.807, 2.05) is 46.7 Å². The van der Waals surface area contributed by atoms with E-state index in [4.69, 9.17) is 15.5 Å². The van der Waals surface area contributed by atoms with Gasteiger partial charge in [0.1, 0.15) is 28.7 Å². The number of pyridine rings is 1. The Balaban J connectivity index is 1.46. The first kappa shape index (κ1) is 25.1. The molecule has 3 N–H and O–H groups in total. The van der Waals surface area contributed by atoms with Gasteiger partial charge in [-0.15, -0.1) is 0 Å². The van der Waals surface area contributed by atoms with E-state index in [2.05, 4.69) is 15.3 Å². The lowest BCUT2D eigenvalue weighted by molar-refractivity contribution is -0.127. The van der Waals surface area contributed by atoms with Gasteiger partial charge >= 0.3 is 0 Å². The summed E-state index contributed by atoms with van der Waals surface area (Å²) in [7, 11) is 1.59. The molecule has 1 fully saturated rings. The smallest absolute Gasteiger partial charge is 0.256 e. The van der Waals surface area contributed by atoms with Crippen molar-refractivity contribution in [3.8, 4) is 11.3 Å². The number of carbonyl (C=O) groups excluding carboxylic acids is 2. The number of likely N-dealkylation sites (tertiary alicyclic amines) is 1. The highest BCUT2D eigenvalue weighted by molar-refractivity contribution is 6.04. The SMILES string of the molecule is COCC=CC(=O)N1CCCC1c1nc(-c2ccc(C(=O)Nc3cc(C)ccn3)cc2)c2c(N)nccn12. The Bertz CT molecular complexity index is 1510.